The molecule has 1 N–H and O–H groups in total. The van der Waals surface area contributed by atoms with Crippen LogP contribution in [0.3, 0.4) is 0 Å². The second-order valence-electron chi connectivity index (χ2n) is 5.35. The molecule has 0 radical (unpaired) electrons. The highest BCUT2D eigenvalue weighted by atomic mass is 19.1. The van der Waals surface area contributed by atoms with Crippen LogP contribution in [-0.4, -0.2) is 6.04 Å². The summed E-state index contributed by atoms with van der Waals surface area (Å²) in [6, 6.07) is 7.21. The van der Waals surface area contributed by atoms with Gasteiger partial charge in [-0.3, -0.25) is 0 Å². The largest absolute Gasteiger partial charge is 0.459 e. The molecule has 0 amide bonds. The normalized spacial score (nSPS) is 13.3. The Kier molecular flexibility index (Phi) is 4.59. The second-order valence-corrected chi connectivity index (χ2v) is 5.35. The molecule has 0 aliphatic rings. The van der Waals surface area contributed by atoms with Gasteiger partial charge in [-0.05, 0) is 30.7 Å². The van der Waals surface area contributed by atoms with Gasteiger partial charge in [0.15, 0.2) is 0 Å². The fourth-order valence-electron chi connectivity index (χ4n) is 2.32. The fourth-order valence-corrected chi connectivity index (χ4v) is 2.32. The van der Waals surface area contributed by atoms with Crippen LogP contribution in [0.5, 0.6) is 0 Å². The number of hydrogen-bond donors (Lipinski definition) is 1. The van der Waals surface area contributed by atoms with Gasteiger partial charge in [0, 0.05) is 11.4 Å². The lowest BCUT2D eigenvalue weighted by Gasteiger charge is -2.18. The maximum Gasteiger partial charge on any atom is 0.134 e. The summed E-state index contributed by atoms with van der Waals surface area (Å²) in [5.41, 5.74) is 0.753. The molecule has 0 saturated heterocycles. The Morgan fingerprint density at radius 3 is 2.74 bits per heavy atom. The third-order valence-corrected chi connectivity index (χ3v) is 3.22. The van der Waals surface area contributed by atoms with E-state index in [0.29, 0.717) is 6.04 Å². The molecule has 0 aliphatic carbocycles. The topological polar surface area (TPSA) is 25.2 Å². The van der Waals surface area contributed by atoms with Crippen molar-refractivity contribution in [2.75, 3.05) is 0 Å². The monoisotopic (exact) mass is 263 g/mol. The van der Waals surface area contributed by atoms with Crippen molar-refractivity contribution in [2.45, 2.75) is 52.1 Å². The Morgan fingerprint density at radius 1 is 1.26 bits per heavy atom. The Bertz CT molecular complexity index is 533. The molecule has 1 atom stereocenters. The van der Waals surface area contributed by atoms with Crippen LogP contribution in [0.1, 0.15) is 51.8 Å². The van der Waals surface area contributed by atoms with E-state index in [1.165, 1.54) is 12.1 Å². The van der Waals surface area contributed by atoms with E-state index in [0.717, 1.165) is 36.0 Å². The molecule has 1 heterocycles. The first-order valence-corrected chi connectivity index (χ1v) is 7.05. The van der Waals surface area contributed by atoms with E-state index in [1.807, 2.05) is 6.07 Å². The maximum atomic E-state index is 13.2. The SMILES string of the molecule is CCCCC(NC(C)C)c1cc2cc(F)ccc2o1. The summed E-state index contributed by atoms with van der Waals surface area (Å²) in [7, 11) is 0. The molecule has 0 saturated carbocycles. The second kappa shape index (κ2) is 6.20. The van der Waals surface area contributed by atoms with Gasteiger partial charge in [-0.25, -0.2) is 4.39 Å². The van der Waals surface area contributed by atoms with Crippen LogP contribution >= 0.6 is 0 Å². The lowest BCUT2D eigenvalue weighted by Crippen LogP contribution is -2.27. The fraction of sp³-hybridized carbons (Fsp3) is 0.500. The number of benzene rings is 1. The van der Waals surface area contributed by atoms with Crippen molar-refractivity contribution >= 4 is 11.0 Å². The summed E-state index contributed by atoms with van der Waals surface area (Å²) in [5.74, 6) is 0.685. The molecule has 0 aliphatic heterocycles. The summed E-state index contributed by atoms with van der Waals surface area (Å²) in [6.45, 7) is 6.43. The van der Waals surface area contributed by atoms with Gasteiger partial charge in [0.1, 0.15) is 17.2 Å². The van der Waals surface area contributed by atoms with Gasteiger partial charge >= 0.3 is 0 Å². The molecule has 0 spiro atoms. The third kappa shape index (κ3) is 3.57. The number of hydrogen-bond acceptors (Lipinski definition) is 2. The van der Waals surface area contributed by atoms with Crippen LogP contribution in [0.15, 0.2) is 28.7 Å². The van der Waals surface area contributed by atoms with E-state index in [2.05, 4.69) is 26.1 Å². The van der Waals surface area contributed by atoms with E-state index in [1.54, 1.807) is 6.07 Å². The minimum atomic E-state index is -0.221. The summed E-state index contributed by atoms with van der Waals surface area (Å²) in [4.78, 5) is 0. The molecule has 1 aromatic carbocycles. The number of nitrogens with one attached hydrogen (secondary N) is 1. The lowest BCUT2D eigenvalue weighted by atomic mass is 10.1. The number of halogens is 1. The standard InChI is InChI=1S/C16H22FNO/c1-4-5-6-14(18-11(2)3)16-10-12-9-13(17)7-8-15(12)19-16/h7-11,14,18H,4-6H2,1-3H3. The van der Waals surface area contributed by atoms with Crippen molar-refractivity contribution < 1.29 is 8.81 Å². The number of unbranched alkanes of at least 4 members (excludes halogenated alkanes) is 1. The van der Waals surface area contributed by atoms with E-state index < -0.39 is 0 Å². The third-order valence-electron chi connectivity index (χ3n) is 3.22. The Morgan fingerprint density at radius 2 is 2.05 bits per heavy atom. The highest BCUT2D eigenvalue weighted by molar-refractivity contribution is 5.78. The van der Waals surface area contributed by atoms with Crippen molar-refractivity contribution in [3.05, 3.63) is 35.8 Å². The highest BCUT2D eigenvalue weighted by Crippen LogP contribution is 2.27. The van der Waals surface area contributed by atoms with E-state index in [4.69, 9.17) is 4.42 Å². The van der Waals surface area contributed by atoms with Crippen molar-refractivity contribution in [3.63, 3.8) is 0 Å². The van der Waals surface area contributed by atoms with E-state index in [-0.39, 0.29) is 11.9 Å². The smallest absolute Gasteiger partial charge is 0.134 e. The molecule has 2 nitrogen and oxygen atoms in total. The molecular weight excluding hydrogens is 241 g/mol. The number of rotatable bonds is 6. The predicted octanol–water partition coefficient (Wildman–Crippen LogP) is 4.80. The van der Waals surface area contributed by atoms with Gasteiger partial charge in [-0.15, -0.1) is 0 Å². The van der Waals surface area contributed by atoms with Crippen LogP contribution in [0.4, 0.5) is 4.39 Å². The minimum Gasteiger partial charge on any atom is -0.459 e. The Hall–Kier alpha value is -1.35. The van der Waals surface area contributed by atoms with Gasteiger partial charge < -0.3 is 9.73 Å². The molecular formula is C16H22FNO. The van der Waals surface area contributed by atoms with Crippen molar-refractivity contribution in [3.8, 4) is 0 Å². The molecule has 104 valence electrons. The van der Waals surface area contributed by atoms with Gasteiger partial charge in [0.2, 0.25) is 0 Å². The first-order chi connectivity index (χ1) is 9.10. The van der Waals surface area contributed by atoms with Crippen LogP contribution in [0.2, 0.25) is 0 Å². The summed E-state index contributed by atoms with van der Waals surface area (Å²) >= 11 is 0. The van der Waals surface area contributed by atoms with E-state index >= 15 is 0 Å². The number of fused-ring (bicyclic) bond motifs is 1. The summed E-state index contributed by atoms with van der Waals surface area (Å²) in [5, 5.41) is 4.35. The summed E-state index contributed by atoms with van der Waals surface area (Å²) < 4.78 is 19.1. The molecule has 2 rings (SSSR count). The molecule has 0 bridgehead atoms. The van der Waals surface area contributed by atoms with Crippen LogP contribution < -0.4 is 5.32 Å². The van der Waals surface area contributed by atoms with Crippen molar-refractivity contribution in [1.82, 2.24) is 5.32 Å². The van der Waals surface area contributed by atoms with Crippen LogP contribution in [0.25, 0.3) is 11.0 Å². The molecule has 1 unspecified atom stereocenters. The summed E-state index contributed by atoms with van der Waals surface area (Å²) in [6.07, 6.45) is 3.35. The van der Waals surface area contributed by atoms with Gasteiger partial charge in [0.05, 0.1) is 6.04 Å². The zero-order valence-electron chi connectivity index (χ0n) is 11.9. The number of furan rings is 1. The molecule has 2 aromatic rings. The lowest BCUT2D eigenvalue weighted by molar-refractivity contribution is 0.377. The minimum absolute atomic E-state index is 0.204. The average Bonchev–Trinajstić information content (AvgIpc) is 2.76. The van der Waals surface area contributed by atoms with Gasteiger partial charge in [-0.2, -0.15) is 0 Å². The molecule has 0 fully saturated rings. The Balaban J connectivity index is 2.26. The van der Waals surface area contributed by atoms with E-state index in [9.17, 15) is 4.39 Å². The predicted molar refractivity (Wildman–Crippen MR) is 76.7 cm³/mol. The zero-order valence-corrected chi connectivity index (χ0v) is 11.9. The maximum absolute atomic E-state index is 13.2. The quantitative estimate of drug-likeness (QED) is 0.809. The average molecular weight is 263 g/mol. The Labute approximate surface area is 114 Å². The molecule has 1 aromatic heterocycles. The highest BCUT2D eigenvalue weighted by Gasteiger charge is 2.16. The zero-order chi connectivity index (χ0) is 13.8. The van der Waals surface area contributed by atoms with Crippen LogP contribution in [0, 0.1) is 5.82 Å². The van der Waals surface area contributed by atoms with Crippen molar-refractivity contribution in [1.29, 1.82) is 0 Å². The molecule has 3 heteroatoms. The first kappa shape index (κ1) is 14.1. The van der Waals surface area contributed by atoms with Crippen molar-refractivity contribution in [2.24, 2.45) is 0 Å². The van der Waals surface area contributed by atoms with Gasteiger partial charge in [-0.1, -0.05) is 33.6 Å². The molecule has 19 heavy (non-hydrogen) atoms. The first-order valence-electron chi connectivity index (χ1n) is 7.05. The van der Waals surface area contributed by atoms with Crippen LogP contribution in [-0.2, 0) is 0 Å². The van der Waals surface area contributed by atoms with Gasteiger partial charge in [0.25, 0.3) is 0 Å².